The molecule has 2 rings (SSSR count). The van der Waals surface area contributed by atoms with Crippen LogP contribution in [0.4, 0.5) is 0 Å². The van der Waals surface area contributed by atoms with Gasteiger partial charge >= 0.3 is 5.97 Å². The first-order valence-corrected chi connectivity index (χ1v) is 6.51. The lowest BCUT2D eigenvalue weighted by molar-refractivity contribution is 0.0526. The number of para-hydroxylation sites is 1. The van der Waals surface area contributed by atoms with Crippen LogP contribution in [-0.4, -0.2) is 28.1 Å². The Morgan fingerprint density at radius 1 is 1.25 bits per heavy atom. The predicted octanol–water partition coefficient (Wildman–Crippen LogP) is 2.64. The van der Waals surface area contributed by atoms with Gasteiger partial charge in [0.2, 0.25) is 0 Å². The first kappa shape index (κ1) is 14.0. The van der Waals surface area contributed by atoms with E-state index in [1.165, 1.54) is 10.9 Å². The Hall–Kier alpha value is -2.43. The molecule has 1 heterocycles. The summed E-state index contributed by atoms with van der Waals surface area (Å²) in [5, 5.41) is 4.13. The number of benzene rings is 1. The second kappa shape index (κ2) is 6.14. The Kier molecular flexibility index (Phi) is 4.30. The molecule has 0 atom stereocenters. The van der Waals surface area contributed by atoms with Gasteiger partial charge < -0.3 is 4.74 Å². The number of rotatable bonds is 5. The number of nitrogens with zero attached hydrogens (tertiary/aromatic N) is 2. The van der Waals surface area contributed by atoms with Crippen molar-refractivity contribution < 1.29 is 14.3 Å². The molecule has 0 radical (unpaired) electrons. The number of aromatic nitrogens is 2. The van der Waals surface area contributed by atoms with E-state index >= 15 is 0 Å². The zero-order valence-corrected chi connectivity index (χ0v) is 11.5. The quantitative estimate of drug-likeness (QED) is 0.620. The van der Waals surface area contributed by atoms with E-state index in [2.05, 4.69) is 5.10 Å². The van der Waals surface area contributed by atoms with Crippen molar-refractivity contribution in [2.45, 2.75) is 20.3 Å². The maximum Gasteiger partial charge on any atom is 0.341 e. The van der Waals surface area contributed by atoms with Gasteiger partial charge in [0, 0.05) is 18.2 Å². The number of hydrogen-bond acceptors (Lipinski definition) is 4. The third kappa shape index (κ3) is 2.77. The van der Waals surface area contributed by atoms with Gasteiger partial charge in [-0.2, -0.15) is 5.10 Å². The zero-order valence-electron chi connectivity index (χ0n) is 11.5. The Morgan fingerprint density at radius 3 is 2.70 bits per heavy atom. The standard InChI is InChI=1S/C15H16N2O3/c1-3-14(18)12-7-5-6-8-13(12)17-10-11(9-16-17)15(19)20-4-2/h5-10H,3-4H2,1-2H3. The Balaban J connectivity index is 2.38. The van der Waals surface area contributed by atoms with Gasteiger partial charge in [0.05, 0.1) is 24.1 Å². The van der Waals surface area contributed by atoms with Crippen LogP contribution in [0.3, 0.4) is 0 Å². The van der Waals surface area contributed by atoms with Gasteiger partial charge in [0.1, 0.15) is 0 Å². The van der Waals surface area contributed by atoms with Crippen LogP contribution in [0, 0.1) is 0 Å². The van der Waals surface area contributed by atoms with Crippen molar-refractivity contribution in [3.63, 3.8) is 0 Å². The first-order valence-electron chi connectivity index (χ1n) is 6.51. The van der Waals surface area contributed by atoms with E-state index in [1.54, 1.807) is 25.3 Å². The van der Waals surface area contributed by atoms with Gasteiger partial charge in [-0.1, -0.05) is 19.1 Å². The summed E-state index contributed by atoms with van der Waals surface area (Å²) >= 11 is 0. The number of carbonyl (C=O) groups is 2. The number of Topliss-reactive ketones (excluding diaryl/α,β-unsaturated/α-hetero) is 1. The molecule has 1 aromatic heterocycles. The van der Waals surface area contributed by atoms with Crippen LogP contribution in [-0.2, 0) is 4.74 Å². The molecule has 104 valence electrons. The van der Waals surface area contributed by atoms with Crippen LogP contribution < -0.4 is 0 Å². The summed E-state index contributed by atoms with van der Waals surface area (Å²) in [5.41, 5.74) is 1.62. The fraction of sp³-hybridized carbons (Fsp3) is 0.267. The molecule has 5 heteroatoms. The van der Waals surface area contributed by atoms with Crippen LogP contribution in [0.5, 0.6) is 0 Å². The van der Waals surface area contributed by atoms with Crippen LogP contribution in [0.1, 0.15) is 41.0 Å². The summed E-state index contributed by atoms with van der Waals surface area (Å²) in [7, 11) is 0. The highest BCUT2D eigenvalue weighted by Gasteiger charge is 2.14. The second-order valence-electron chi connectivity index (χ2n) is 4.19. The minimum absolute atomic E-state index is 0.0359. The molecule has 0 saturated carbocycles. The second-order valence-corrected chi connectivity index (χ2v) is 4.19. The molecular formula is C15H16N2O3. The summed E-state index contributed by atoms with van der Waals surface area (Å²) in [6, 6.07) is 7.19. The molecule has 0 aliphatic heterocycles. The van der Waals surface area contributed by atoms with E-state index in [9.17, 15) is 9.59 Å². The molecule has 0 fully saturated rings. The maximum atomic E-state index is 11.9. The first-order chi connectivity index (χ1) is 9.67. The number of esters is 1. The number of ether oxygens (including phenoxy) is 1. The van der Waals surface area contributed by atoms with Crippen LogP contribution >= 0.6 is 0 Å². The smallest absolute Gasteiger partial charge is 0.341 e. The molecular weight excluding hydrogens is 256 g/mol. The molecule has 0 aliphatic rings. The van der Waals surface area contributed by atoms with Crippen molar-refractivity contribution in [3.8, 4) is 5.69 Å². The minimum atomic E-state index is -0.418. The minimum Gasteiger partial charge on any atom is -0.462 e. The number of ketones is 1. The highest BCUT2D eigenvalue weighted by atomic mass is 16.5. The Labute approximate surface area is 117 Å². The molecule has 20 heavy (non-hydrogen) atoms. The van der Waals surface area contributed by atoms with Crippen LogP contribution in [0.15, 0.2) is 36.7 Å². The average molecular weight is 272 g/mol. The van der Waals surface area contributed by atoms with Crippen molar-refractivity contribution in [1.82, 2.24) is 9.78 Å². The number of carbonyl (C=O) groups excluding carboxylic acids is 2. The topological polar surface area (TPSA) is 61.2 Å². The van der Waals surface area contributed by atoms with Crippen molar-refractivity contribution in [3.05, 3.63) is 47.8 Å². The van der Waals surface area contributed by atoms with E-state index in [-0.39, 0.29) is 5.78 Å². The van der Waals surface area contributed by atoms with Gasteiger partial charge in [-0.05, 0) is 19.1 Å². The lowest BCUT2D eigenvalue weighted by atomic mass is 10.1. The fourth-order valence-corrected chi connectivity index (χ4v) is 1.87. The van der Waals surface area contributed by atoms with Gasteiger partial charge in [-0.15, -0.1) is 0 Å². The fourth-order valence-electron chi connectivity index (χ4n) is 1.87. The summed E-state index contributed by atoms with van der Waals surface area (Å²) in [4.78, 5) is 23.5. The molecule has 0 aliphatic carbocycles. The van der Waals surface area contributed by atoms with Gasteiger partial charge in [-0.25, -0.2) is 9.48 Å². The lowest BCUT2D eigenvalue weighted by Crippen LogP contribution is -2.06. The molecule has 0 saturated heterocycles. The highest BCUT2D eigenvalue weighted by Crippen LogP contribution is 2.16. The molecule has 0 spiro atoms. The molecule has 0 bridgehead atoms. The van der Waals surface area contributed by atoms with Crippen molar-refractivity contribution >= 4 is 11.8 Å². The van der Waals surface area contributed by atoms with Gasteiger partial charge in [-0.3, -0.25) is 4.79 Å². The van der Waals surface area contributed by atoms with Gasteiger partial charge in [0.15, 0.2) is 5.78 Å². The maximum absolute atomic E-state index is 11.9. The van der Waals surface area contributed by atoms with Crippen molar-refractivity contribution in [2.24, 2.45) is 0 Å². The predicted molar refractivity (Wildman–Crippen MR) is 74.1 cm³/mol. The monoisotopic (exact) mass is 272 g/mol. The molecule has 0 unspecified atom stereocenters. The van der Waals surface area contributed by atoms with Crippen molar-refractivity contribution in [1.29, 1.82) is 0 Å². The van der Waals surface area contributed by atoms with E-state index in [4.69, 9.17) is 4.74 Å². The van der Waals surface area contributed by atoms with Crippen molar-refractivity contribution in [2.75, 3.05) is 6.61 Å². The SMILES string of the molecule is CCOC(=O)c1cnn(-c2ccccc2C(=O)CC)c1. The summed E-state index contributed by atoms with van der Waals surface area (Å²) in [6.07, 6.45) is 3.42. The normalized spacial score (nSPS) is 10.3. The van der Waals surface area contributed by atoms with Crippen LogP contribution in [0.25, 0.3) is 5.69 Å². The summed E-state index contributed by atoms with van der Waals surface area (Å²) < 4.78 is 6.44. The molecule has 5 nitrogen and oxygen atoms in total. The molecule has 0 N–H and O–H groups in total. The van der Waals surface area contributed by atoms with E-state index in [0.717, 1.165) is 0 Å². The largest absolute Gasteiger partial charge is 0.462 e. The Morgan fingerprint density at radius 2 is 2.00 bits per heavy atom. The summed E-state index contributed by atoms with van der Waals surface area (Å²) in [5.74, 6) is -0.383. The number of hydrogen-bond donors (Lipinski definition) is 0. The highest BCUT2D eigenvalue weighted by molar-refractivity contribution is 5.99. The molecule has 0 amide bonds. The lowest BCUT2D eigenvalue weighted by Gasteiger charge is -2.07. The third-order valence-corrected chi connectivity index (χ3v) is 2.87. The van der Waals surface area contributed by atoms with E-state index in [1.807, 2.05) is 19.1 Å². The third-order valence-electron chi connectivity index (χ3n) is 2.87. The Bertz CT molecular complexity index is 632. The van der Waals surface area contributed by atoms with E-state index < -0.39 is 5.97 Å². The van der Waals surface area contributed by atoms with Gasteiger partial charge in [0.25, 0.3) is 0 Å². The molecule has 1 aromatic carbocycles. The molecule has 2 aromatic rings. The van der Waals surface area contributed by atoms with E-state index in [0.29, 0.717) is 29.8 Å². The van der Waals surface area contributed by atoms with Crippen LogP contribution in [0.2, 0.25) is 0 Å². The summed E-state index contributed by atoms with van der Waals surface area (Å²) in [6.45, 7) is 3.87. The average Bonchev–Trinajstić information content (AvgIpc) is 2.96. The zero-order chi connectivity index (χ0) is 14.5.